The highest BCUT2D eigenvalue weighted by Crippen LogP contribution is 2.25. The van der Waals surface area contributed by atoms with Crippen molar-refractivity contribution in [1.82, 2.24) is 4.90 Å². The summed E-state index contributed by atoms with van der Waals surface area (Å²) in [6, 6.07) is 6.28. The molecule has 1 heterocycles. The minimum Gasteiger partial charge on any atom is -0.444 e. The van der Waals surface area contributed by atoms with E-state index in [2.05, 4.69) is 28.1 Å². The van der Waals surface area contributed by atoms with Crippen LogP contribution in [-0.2, 0) is 23.0 Å². The predicted octanol–water partition coefficient (Wildman–Crippen LogP) is 3.87. The number of alkyl halides is 1. The molecule has 0 bridgehead atoms. The second kappa shape index (κ2) is 5.53. The number of rotatable bonds is 1. The molecule has 0 aromatic heterocycles. The third-order valence-corrected chi connectivity index (χ3v) is 3.76. The number of benzene rings is 1. The molecule has 0 fully saturated rings. The van der Waals surface area contributed by atoms with Crippen molar-refractivity contribution in [2.24, 2.45) is 0 Å². The van der Waals surface area contributed by atoms with Crippen molar-refractivity contribution in [3.63, 3.8) is 0 Å². The monoisotopic (exact) mass is 325 g/mol. The molecule has 0 spiro atoms. The molecule has 0 saturated carbocycles. The van der Waals surface area contributed by atoms with Gasteiger partial charge in [0.2, 0.25) is 0 Å². The maximum atomic E-state index is 12.1. The lowest BCUT2D eigenvalue weighted by molar-refractivity contribution is 0.0224. The van der Waals surface area contributed by atoms with Gasteiger partial charge in [0, 0.05) is 18.4 Å². The Morgan fingerprint density at radius 2 is 2.16 bits per heavy atom. The van der Waals surface area contributed by atoms with Crippen molar-refractivity contribution in [3.8, 4) is 0 Å². The smallest absolute Gasteiger partial charge is 0.410 e. The Labute approximate surface area is 123 Å². The van der Waals surface area contributed by atoms with Gasteiger partial charge >= 0.3 is 6.09 Å². The van der Waals surface area contributed by atoms with Crippen molar-refractivity contribution in [2.45, 2.75) is 44.7 Å². The van der Waals surface area contributed by atoms with Gasteiger partial charge < -0.3 is 9.64 Å². The number of amides is 1. The number of nitrogens with zero attached hydrogens (tertiary/aromatic N) is 1. The Hall–Kier alpha value is -1.03. The summed E-state index contributed by atoms with van der Waals surface area (Å²) in [6.45, 7) is 7.06. The summed E-state index contributed by atoms with van der Waals surface area (Å²) in [6.07, 6.45) is 0.679. The first-order valence-corrected chi connectivity index (χ1v) is 7.66. The molecule has 19 heavy (non-hydrogen) atoms. The van der Waals surface area contributed by atoms with E-state index in [-0.39, 0.29) is 6.09 Å². The maximum Gasteiger partial charge on any atom is 0.410 e. The number of carbonyl (C=O) groups excluding carboxylic acids is 1. The lowest BCUT2D eigenvalue weighted by atomic mass is 9.95. The average Bonchev–Trinajstić information content (AvgIpc) is 2.35. The summed E-state index contributed by atoms with van der Waals surface area (Å²) in [5, 5.41) is 0.864. The zero-order valence-electron chi connectivity index (χ0n) is 11.7. The molecule has 0 unspecified atom stereocenters. The van der Waals surface area contributed by atoms with Crippen LogP contribution in [0, 0.1) is 0 Å². The van der Waals surface area contributed by atoms with E-state index in [0.717, 1.165) is 18.3 Å². The van der Waals surface area contributed by atoms with Crippen LogP contribution in [0.3, 0.4) is 0 Å². The lowest BCUT2D eigenvalue weighted by Gasteiger charge is -2.32. The first-order valence-electron chi connectivity index (χ1n) is 6.54. The quantitative estimate of drug-likeness (QED) is 0.733. The molecule has 2 rings (SSSR count). The van der Waals surface area contributed by atoms with Gasteiger partial charge in [-0.25, -0.2) is 4.79 Å². The first kappa shape index (κ1) is 14.4. The molecular weight excluding hydrogens is 306 g/mol. The zero-order chi connectivity index (χ0) is 14.0. The van der Waals surface area contributed by atoms with Gasteiger partial charge in [-0.15, -0.1) is 0 Å². The molecule has 1 aromatic rings. The van der Waals surface area contributed by atoms with Gasteiger partial charge in [0.25, 0.3) is 0 Å². The minimum absolute atomic E-state index is 0.220. The number of halogens is 1. The summed E-state index contributed by atoms with van der Waals surface area (Å²) < 4.78 is 5.43. The van der Waals surface area contributed by atoms with Crippen LogP contribution in [0.5, 0.6) is 0 Å². The summed E-state index contributed by atoms with van der Waals surface area (Å²) >= 11 is 3.52. The highest BCUT2D eigenvalue weighted by Gasteiger charge is 2.26. The highest BCUT2D eigenvalue weighted by molar-refractivity contribution is 9.08. The van der Waals surface area contributed by atoms with Gasteiger partial charge in [-0.1, -0.05) is 34.1 Å². The molecule has 1 aliphatic heterocycles. The van der Waals surface area contributed by atoms with Crippen LogP contribution in [0.25, 0.3) is 0 Å². The second-order valence-electron chi connectivity index (χ2n) is 5.84. The summed E-state index contributed by atoms with van der Waals surface area (Å²) in [5.41, 5.74) is 3.49. The van der Waals surface area contributed by atoms with E-state index in [9.17, 15) is 4.79 Å². The highest BCUT2D eigenvalue weighted by atomic mass is 79.9. The van der Waals surface area contributed by atoms with Gasteiger partial charge in [0.05, 0.1) is 0 Å². The fourth-order valence-electron chi connectivity index (χ4n) is 2.30. The predicted molar refractivity (Wildman–Crippen MR) is 79.4 cm³/mol. The molecule has 3 nitrogen and oxygen atoms in total. The molecule has 0 saturated heterocycles. The van der Waals surface area contributed by atoms with Crippen LogP contribution in [0.2, 0.25) is 0 Å². The molecule has 0 N–H and O–H groups in total. The van der Waals surface area contributed by atoms with E-state index in [1.807, 2.05) is 26.8 Å². The van der Waals surface area contributed by atoms with Crippen LogP contribution < -0.4 is 0 Å². The Bertz CT molecular complexity index is 480. The van der Waals surface area contributed by atoms with Crippen molar-refractivity contribution in [3.05, 3.63) is 34.9 Å². The van der Waals surface area contributed by atoms with Crippen LogP contribution in [0.4, 0.5) is 4.79 Å². The van der Waals surface area contributed by atoms with Crippen molar-refractivity contribution >= 4 is 22.0 Å². The Kier molecular flexibility index (Phi) is 4.19. The summed E-state index contributed by atoms with van der Waals surface area (Å²) in [4.78, 5) is 13.9. The molecule has 4 heteroatoms. The van der Waals surface area contributed by atoms with Crippen molar-refractivity contribution < 1.29 is 9.53 Å². The minimum atomic E-state index is -0.435. The summed E-state index contributed by atoms with van der Waals surface area (Å²) in [7, 11) is 0. The van der Waals surface area contributed by atoms with E-state index in [0.29, 0.717) is 6.54 Å². The van der Waals surface area contributed by atoms with E-state index in [4.69, 9.17) is 4.74 Å². The number of ether oxygens (including phenoxy) is 1. The normalized spacial score (nSPS) is 15.1. The number of hydrogen-bond acceptors (Lipinski definition) is 2. The molecule has 0 atom stereocenters. The van der Waals surface area contributed by atoms with Crippen LogP contribution in [0.1, 0.15) is 37.5 Å². The van der Waals surface area contributed by atoms with Crippen LogP contribution in [-0.4, -0.2) is 23.1 Å². The zero-order valence-corrected chi connectivity index (χ0v) is 13.3. The lowest BCUT2D eigenvalue weighted by Crippen LogP contribution is -2.40. The largest absolute Gasteiger partial charge is 0.444 e. The van der Waals surface area contributed by atoms with Crippen LogP contribution >= 0.6 is 15.9 Å². The molecule has 0 radical (unpaired) electrons. The SMILES string of the molecule is CC(C)(C)OC(=O)N1CCc2c(CBr)cccc2C1. The first-order chi connectivity index (χ1) is 8.90. The second-order valence-corrected chi connectivity index (χ2v) is 6.40. The average molecular weight is 326 g/mol. The molecule has 1 aliphatic rings. The molecule has 1 aromatic carbocycles. The standard InChI is InChI=1S/C15H20BrNO2/c1-15(2,3)19-14(18)17-8-7-13-11(9-16)5-4-6-12(13)10-17/h4-6H,7-10H2,1-3H3. The molecule has 0 aliphatic carbocycles. The van der Waals surface area contributed by atoms with Gasteiger partial charge in [0.15, 0.2) is 0 Å². The van der Waals surface area contributed by atoms with Crippen molar-refractivity contribution in [2.75, 3.05) is 6.54 Å². The fourth-order valence-corrected chi connectivity index (χ4v) is 2.82. The van der Waals surface area contributed by atoms with Gasteiger partial charge in [-0.2, -0.15) is 0 Å². The number of fused-ring (bicyclic) bond motifs is 1. The maximum absolute atomic E-state index is 12.1. The molecule has 1 amide bonds. The Morgan fingerprint density at radius 1 is 1.42 bits per heavy atom. The third-order valence-electron chi connectivity index (χ3n) is 3.16. The fraction of sp³-hybridized carbons (Fsp3) is 0.533. The van der Waals surface area contributed by atoms with E-state index >= 15 is 0 Å². The Morgan fingerprint density at radius 3 is 2.79 bits per heavy atom. The summed E-state index contributed by atoms with van der Waals surface area (Å²) in [5.74, 6) is 0. The van der Waals surface area contributed by atoms with Gasteiger partial charge in [-0.3, -0.25) is 0 Å². The van der Waals surface area contributed by atoms with E-state index < -0.39 is 5.60 Å². The number of hydrogen-bond donors (Lipinski definition) is 0. The molecular formula is C15H20BrNO2. The van der Waals surface area contributed by atoms with Crippen LogP contribution in [0.15, 0.2) is 18.2 Å². The molecule has 104 valence electrons. The van der Waals surface area contributed by atoms with Gasteiger partial charge in [-0.05, 0) is 43.9 Å². The van der Waals surface area contributed by atoms with E-state index in [1.54, 1.807) is 4.90 Å². The Balaban J connectivity index is 2.12. The van der Waals surface area contributed by atoms with Crippen molar-refractivity contribution in [1.29, 1.82) is 0 Å². The number of carbonyl (C=O) groups is 1. The topological polar surface area (TPSA) is 29.5 Å². The van der Waals surface area contributed by atoms with Gasteiger partial charge in [0.1, 0.15) is 5.60 Å². The van der Waals surface area contributed by atoms with E-state index in [1.165, 1.54) is 16.7 Å². The third kappa shape index (κ3) is 3.50.